The predicted octanol–water partition coefficient (Wildman–Crippen LogP) is 4.96. The summed E-state index contributed by atoms with van der Waals surface area (Å²) in [4.78, 5) is 33.6. The van der Waals surface area contributed by atoms with E-state index in [9.17, 15) is 14.7 Å². The van der Waals surface area contributed by atoms with Crippen LogP contribution in [0.15, 0.2) is 47.5 Å². The number of aromatic carboxylic acids is 1. The van der Waals surface area contributed by atoms with Crippen molar-refractivity contribution in [1.29, 1.82) is 0 Å². The lowest BCUT2D eigenvalue weighted by Crippen LogP contribution is -2.17. The number of benzene rings is 1. The van der Waals surface area contributed by atoms with Crippen molar-refractivity contribution in [2.45, 2.75) is 13.8 Å². The van der Waals surface area contributed by atoms with E-state index < -0.39 is 11.5 Å². The molecule has 4 rings (SSSR count). The molecule has 6 nitrogen and oxygen atoms in total. The van der Waals surface area contributed by atoms with Gasteiger partial charge in [0.2, 0.25) is 0 Å². The highest BCUT2D eigenvalue weighted by Gasteiger charge is 2.23. The molecular formula is C22H16ClN3O3S. The maximum Gasteiger partial charge on any atom is 0.348 e. The molecule has 0 amide bonds. The number of rotatable bonds is 4. The number of carboxylic acids is 1. The zero-order valence-corrected chi connectivity index (χ0v) is 17.7. The molecule has 1 aromatic carbocycles. The molecular weight excluding hydrogens is 422 g/mol. The van der Waals surface area contributed by atoms with E-state index in [4.69, 9.17) is 11.6 Å². The number of pyridine rings is 1. The third-order valence-corrected chi connectivity index (χ3v) is 6.02. The Morgan fingerprint density at radius 1 is 1.23 bits per heavy atom. The van der Waals surface area contributed by atoms with Crippen molar-refractivity contribution < 1.29 is 9.90 Å². The number of nitrogens with zero attached hydrogens (tertiary/aromatic N) is 3. The topological polar surface area (TPSA) is 84.6 Å². The van der Waals surface area contributed by atoms with E-state index in [1.54, 1.807) is 24.4 Å². The Balaban J connectivity index is 1.93. The fourth-order valence-corrected chi connectivity index (χ4v) is 4.31. The van der Waals surface area contributed by atoms with Crippen molar-refractivity contribution in [2.24, 2.45) is 0 Å². The molecule has 3 heterocycles. The second kappa shape index (κ2) is 7.85. The van der Waals surface area contributed by atoms with E-state index in [0.29, 0.717) is 11.3 Å². The summed E-state index contributed by atoms with van der Waals surface area (Å²) < 4.78 is 1.24. The normalized spacial score (nSPS) is 11.4. The van der Waals surface area contributed by atoms with Crippen LogP contribution in [0.25, 0.3) is 28.4 Å². The lowest BCUT2D eigenvalue weighted by Gasteiger charge is -2.05. The van der Waals surface area contributed by atoms with Crippen LogP contribution in [-0.4, -0.2) is 25.4 Å². The van der Waals surface area contributed by atoms with Gasteiger partial charge in [0.25, 0.3) is 5.56 Å². The first-order chi connectivity index (χ1) is 14.4. The van der Waals surface area contributed by atoms with Crippen LogP contribution in [0.5, 0.6) is 0 Å². The third kappa shape index (κ3) is 3.53. The minimum Gasteiger partial charge on any atom is -0.477 e. The van der Waals surface area contributed by atoms with Gasteiger partial charge >= 0.3 is 5.97 Å². The third-order valence-electron chi connectivity index (χ3n) is 4.64. The van der Waals surface area contributed by atoms with Crippen molar-refractivity contribution in [1.82, 2.24) is 14.4 Å². The van der Waals surface area contributed by atoms with Crippen molar-refractivity contribution in [3.05, 3.63) is 85.4 Å². The van der Waals surface area contributed by atoms with Crippen LogP contribution < -0.4 is 5.56 Å². The number of fused-ring (bicyclic) bond motifs is 1. The Morgan fingerprint density at radius 3 is 2.73 bits per heavy atom. The molecule has 0 saturated carbocycles. The summed E-state index contributed by atoms with van der Waals surface area (Å²) >= 11 is 7.28. The van der Waals surface area contributed by atoms with Crippen LogP contribution in [0, 0.1) is 13.8 Å². The van der Waals surface area contributed by atoms with Crippen molar-refractivity contribution in [3.63, 3.8) is 0 Å². The number of aryl methyl sites for hydroxylation is 2. The van der Waals surface area contributed by atoms with Gasteiger partial charge in [0, 0.05) is 18.0 Å². The fraction of sp³-hybridized carbons (Fsp3) is 0.0909. The van der Waals surface area contributed by atoms with E-state index in [1.165, 1.54) is 10.6 Å². The summed E-state index contributed by atoms with van der Waals surface area (Å²) in [5.41, 5.74) is 3.67. The summed E-state index contributed by atoms with van der Waals surface area (Å²) in [6, 6.07) is 9.43. The van der Waals surface area contributed by atoms with Gasteiger partial charge in [-0.1, -0.05) is 52.8 Å². The number of thiazole rings is 1. The lowest BCUT2D eigenvalue weighted by molar-refractivity contribution is 0.0702. The SMILES string of the molecule is Cc1ccc(C)c(/C=C/c2nc3sc(C(=O)O)c(-c4cccnc4)n3c(=O)c2Cl)c1. The highest BCUT2D eigenvalue weighted by Crippen LogP contribution is 2.31. The van der Waals surface area contributed by atoms with E-state index in [-0.39, 0.29) is 20.6 Å². The monoisotopic (exact) mass is 437 g/mol. The van der Waals surface area contributed by atoms with Crippen LogP contribution in [0.3, 0.4) is 0 Å². The number of hydrogen-bond donors (Lipinski definition) is 1. The number of carboxylic acid groups (broad SMARTS) is 1. The molecule has 0 bridgehead atoms. The number of hydrogen-bond acceptors (Lipinski definition) is 5. The van der Waals surface area contributed by atoms with Gasteiger partial charge in [0.15, 0.2) is 4.96 Å². The summed E-state index contributed by atoms with van der Waals surface area (Å²) in [6.45, 7) is 3.99. The Morgan fingerprint density at radius 2 is 2.03 bits per heavy atom. The summed E-state index contributed by atoms with van der Waals surface area (Å²) in [7, 11) is 0. The molecule has 0 unspecified atom stereocenters. The first kappa shape index (κ1) is 20.0. The molecule has 0 saturated heterocycles. The average Bonchev–Trinajstić information content (AvgIpc) is 3.12. The van der Waals surface area contributed by atoms with Gasteiger partial charge in [-0.15, -0.1) is 0 Å². The van der Waals surface area contributed by atoms with Gasteiger partial charge in [-0.05, 0) is 43.2 Å². The zero-order chi connectivity index (χ0) is 21.4. The van der Waals surface area contributed by atoms with E-state index in [0.717, 1.165) is 28.0 Å². The minimum atomic E-state index is -1.15. The summed E-state index contributed by atoms with van der Waals surface area (Å²) in [5, 5.41) is 9.59. The summed E-state index contributed by atoms with van der Waals surface area (Å²) in [5.74, 6) is -1.15. The first-order valence-electron chi connectivity index (χ1n) is 9.01. The van der Waals surface area contributed by atoms with E-state index in [2.05, 4.69) is 9.97 Å². The number of carbonyl (C=O) groups is 1. The quantitative estimate of drug-likeness (QED) is 0.488. The van der Waals surface area contributed by atoms with Crippen molar-refractivity contribution >= 4 is 46.0 Å². The molecule has 0 aliphatic heterocycles. The second-order valence-electron chi connectivity index (χ2n) is 6.75. The molecule has 150 valence electrons. The highest BCUT2D eigenvalue weighted by atomic mass is 35.5. The molecule has 0 fully saturated rings. The van der Waals surface area contributed by atoms with Crippen LogP contribution in [-0.2, 0) is 0 Å². The Labute approximate surface area is 180 Å². The zero-order valence-electron chi connectivity index (χ0n) is 16.1. The second-order valence-corrected chi connectivity index (χ2v) is 8.11. The van der Waals surface area contributed by atoms with Crippen molar-refractivity contribution in [3.8, 4) is 11.3 Å². The largest absolute Gasteiger partial charge is 0.477 e. The van der Waals surface area contributed by atoms with E-state index >= 15 is 0 Å². The molecule has 4 aromatic rings. The molecule has 0 aliphatic rings. The highest BCUT2D eigenvalue weighted by molar-refractivity contribution is 7.19. The van der Waals surface area contributed by atoms with Gasteiger partial charge in [0.05, 0.1) is 11.4 Å². The van der Waals surface area contributed by atoms with Crippen LogP contribution in [0.4, 0.5) is 0 Å². The van der Waals surface area contributed by atoms with Gasteiger partial charge in [-0.3, -0.25) is 9.78 Å². The molecule has 0 atom stereocenters. The average molecular weight is 438 g/mol. The summed E-state index contributed by atoms with van der Waals surface area (Å²) in [6.07, 6.45) is 6.60. The van der Waals surface area contributed by atoms with Gasteiger partial charge in [-0.2, -0.15) is 0 Å². The Bertz CT molecular complexity index is 1370. The molecule has 1 N–H and O–H groups in total. The predicted molar refractivity (Wildman–Crippen MR) is 119 cm³/mol. The molecule has 8 heteroatoms. The molecule has 0 radical (unpaired) electrons. The van der Waals surface area contributed by atoms with Gasteiger partial charge < -0.3 is 5.11 Å². The number of halogens is 1. The maximum atomic E-state index is 13.1. The van der Waals surface area contributed by atoms with E-state index in [1.807, 2.05) is 38.1 Å². The number of aromatic nitrogens is 3. The van der Waals surface area contributed by atoms with Crippen LogP contribution in [0.2, 0.25) is 5.02 Å². The van der Waals surface area contributed by atoms with Crippen LogP contribution in [0.1, 0.15) is 32.1 Å². The van der Waals surface area contributed by atoms with Gasteiger partial charge in [-0.25, -0.2) is 14.2 Å². The molecule has 30 heavy (non-hydrogen) atoms. The first-order valence-corrected chi connectivity index (χ1v) is 10.2. The lowest BCUT2D eigenvalue weighted by atomic mass is 10.1. The Hall–Kier alpha value is -3.29. The maximum absolute atomic E-state index is 13.1. The van der Waals surface area contributed by atoms with Gasteiger partial charge in [0.1, 0.15) is 9.90 Å². The molecule has 3 aromatic heterocycles. The fourth-order valence-electron chi connectivity index (χ4n) is 3.13. The van der Waals surface area contributed by atoms with Crippen molar-refractivity contribution in [2.75, 3.05) is 0 Å². The minimum absolute atomic E-state index is 0.000625. The standard InChI is InChI=1S/C22H16ClN3O3S/c1-12-5-6-13(2)14(10-12)7-8-16-17(23)20(27)26-18(15-4-3-9-24-11-15)19(21(28)29)30-22(26)25-16/h3-11H,1-2H3,(H,28,29)/b8-7+. The van der Waals surface area contributed by atoms with Crippen LogP contribution >= 0.6 is 22.9 Å². The Kier molecular flexibility index (Phi) is 5.24. The molecule has 0 aliphatic carbocycles. The molecule has 0 spiro atoms. The smallest absolute Gasteiger partial charge is 0.348 e.